The third-order valence-electron chi connectivity index (χ3n) is 3.22. The van der Waals surface area contributed by atoms with Crippen molar-refractivity contribution in [1.29, 1.82) is 0 Å². The third kappa shape index (κ3) is 4.50. The number of benzene rings is 2. The molecule has 0 aromatic heterocycles. The van der Waals surface area contributed by atoms with Gasteiger partial charge in [-0.15, -0.1) is 0 Å². The fourth-order valence-electron chi connectivity index (χ4n) is 2.04. The summed E-state index contributed by atoms with van der Waals surface area (Å²) in [6.07, 6.45) is 1.53. The van der Waals surface area contributed by atoms with Gasteiger partial charge in [0, 0.05) is 28.4 Å². The lowest BCUT2D eigenvalue weighted by Gasteiger charge is -2.12. The van der Waals surface area contributed by atoms with Crippen LogP contribution in [0.3, 0.4) is 0 Å². The SMILES string of the molecule is COc1ccc(N/C(C)=C\C(=O)c2ccc(Cl)cc2)c(OC)c1. The van der Waals surface area contributed by atoms with Gasteiger partial charge in [0.2, 0.25) is 0 Å². The molecule has 0 aliphatic carbocycles. The molecule has 120 valence electrons. The van der Waals surface area contributed by atoms with Crippen LogP contribution in [0.2, 0.25) is 5.02 Å². The molecule has 0 bridgehead atoms. The van der Waals surface area contributed by atoms with E-state index >= 15 is 0 Å². The highest BCUT2D eigenvalue weighted by atomic mass is 35.5. The van der Waals surface area contributed by atoms with Gasteiger partial charge in [0.1, 0.15) is 11.5 Å². The standard InChI is InChI=1S/C18H18ClNO3/c1-12(10-17(21)13-4-6-14(19)7-5-13)20-16-9-8-15(22-2)11-18(16)23-3/h4-11,20H,1-3H3/b12-10-. The molecule has 4 nitrogen and oxygen atoms in total. The number of rotatable bonds is 6. The van der Waals surface area contributed by atoms with Crippen molar-refractivity contribution in [3.05, 3.63) is 64.8 Å². The highest BCUT2D eigenvalue weighted by Gasteiger charge is 2.07. The molecule has 0 spiro atoms. The van der Waals surface area contributed by atoms with Gasteiger partial charge in [0.15, 0.2) is 5.78 Å². The summed E-state index contributed by atoms with van der Waals surface area (Å²) < 4.78 is 10.5. The summed E-state index contributed by atoms with van der Waals surface area (Å²) in [6.45, 7) is 1.82. The number of halogens is 1. The average molecular weight is 332 g/mol. The maximum Gasteiger partial charge on any atom is 0.187 e. The first kappa shape index (κ1) is 16.9. The molecule has 0 radical (unpaired) electrons. The Bertz CT molecular complexity index is 724. The largest absolute Gasteiger partial charge is 0.497 e. The number of allylic oxidation sites excluding steroid dienone is 2. The predicted octanol–water partition coefficient (Wildman–Crippen LogP) is 4.56. The highest BCUT2D eigenvalue weighted by Crippen LogP contribution is 2.29. The molecular formula is C18H18ClNO3. The van der Waals surface area contributed by atoms with Gasteiger partial charge in [0.25, 0.3) is 0 Å². The van der Waals surface area contributed by atoms with Crippen LogP contribution in [0.1, 0.15) is 17.3 Å². The maximum atomic E-state index is 12.2. The molecule has 0 amide bonds. The molecule has 0 heterocycles. The Kier molecular flexibility index (Phi) is 5.66. The molecule has 0 fully saturated rings. The summed E-state index contributed by atoms with van der Waals surface area (Å²) >= 11 is 5.82. The first-order chi connectivity index (χ1) is 11.0. The van der Waals surface area contributed by atoms with E-state index < -0.39 is 0 Å². The Hall–Kier alpha value is -2.46. The van der Waals surface area contributed by atoms with Gasteiger partial charge in [-0.05, 0) is 43.3 Å². The van der Waals surface area contributed by atoms with E-state index in [2.05, 4.69) is 5.32 Å². The Morgan fingerprint density at radius 2 is 1.78 bits per heavy atom. The number of hydrogen-bond donors (Lipinski definition) is 1. The van der Waals surface area contributed by atoms with Crippen LogP contribution in [0, 0.1) is 0 Å². The van der Waals surface area contributed by atoms with Crippen LogP contribution in [0.25, 0.3) is 0 Å². The molecular weight excluding hydrogens is 314 g/mol. The van der Waals surface area contributed by atoms with Crippen molar-refractivity contribution in [2.45, 2.75) is 6.92 Å². The lowest BCUT2D eigenvalue weighted by Crippen LogP contribution is -2.03. The average Bonchev–Trinajstić information content (AvgIpc) is 2.55. The Balaban J connectivity index is 2.16. The van der Waals surface area contributed by atoms with Crippen LogP contribution >= 0.6 is 11.6 Å². The molecule has 1 N–H and O–H groups in total. The zero-order valence-electron chi connectivity index (χ0n) is 13.2. The lowest BCUT2D eigenvalue weighted by molar-refractivity contribution is 0.104. The van der Waals surface area contributed by atoms with E-state index in [9.17, 15) is 4.79 Å². The molecule has 0 saturated carbocycles. The summed E-state index contributed by atoms with van der Waals surface area (Å²) in [5.74, 6) is 1.24. The molecule has 0 aliphatic rings. The number of nitrogens with one attached hydrogen (secondary N) is 1. The van der Waals surface area contributed by atoms with Gasteiger partial charge in [-0.25, -0.2) is 0 Å². The summed E-state index contributed by atoms with van der Waals surface area (Å²) in [6, 6.07) is 12.2. The number of methoxy groups -OCH3 is 2. The zero-order chi connectivity index (χ0) is 16.8. The van der Waals surface area contributed by atoms with Crippen LogP contribution in [-0.2, 0) is 0 Å². The van der Waals surface area contributed by atoms with Crippen molar-refractivity contribution in [2.24, 2.45) is 0 Å². The Labute approximate surface area is 140 Å². The second kappa shape index (κ2) is 7.70. The molecule has 2 rings (SSSR count). The van der Waals surface area contributed by atoms with Crippen molar-refractivity contribution < 1.29 is 14.3 Å². The molecule has 23 heavy (non-hydrogen) atoms. The van der Waals surface area contributed by atoms with E-state index in [1.165, 1.54) is 6.08 Å². The van der Waals surface area contributed by atoms with Crippen molar-refractivity contribution in [1.82, 2.24) is 0 Å². The Morgan fingerprint density at radius 1 is 1.09 bits per heavy atom. The van der Waals surface area contributed by atoms with Gasteiger partial charge in [0.05, 0.1) is 19.9 Å². The van der Waals surface area contributed by atoms with E-state index in [0.717, 1.165) is 5.69 Å². The van der Waals surface area contributed by atoms with Crippen LogP contribution in [-0.4, -0.2) is 20.0 Å². The molecule has 0 aliphatic heterocycles. The summed E-state index contributed by atoms with van der Waals surface area (Å²) in [4.78, 5) is 12.2. The van der Waals surface area contributed by atoms with E-state index in [4.69, 9.17) is 21.1 Å². The zero-order valence-corrected chi connectivity index (χ0v) is 14.0. The minimum absolute atomic E-state index is 0.0980. The summed E-state index contributed by atoms with van der Waals surface area (Å²) in [5, 5.41) is 3.76. The van der Waals surface area contributed by atoms with Gasteiger partial charge in [-0.2, -0.15) is 0 Å². The predicted molar refractivity (Wildman–Crippen MR) is 92.7 cm³/mol. The van der Waals surface area contributed by atoms with E-state index in [0.29, 0.717) is 27.8 Å². The number of ether oxygens (including phenoxy) is 2. The van der Waals surface area contributed by atoms with Gasteiger partial charge >= 0.3 is 0 Å². The minimum Gasteiger partial charge on any atom is -0.497 e. The van der Waals surface area contributed by atoms with Gasteiger partial charge in [-0.1, -0.05) is 11.6 Å². The number of anilines is 1. The number of carbonyl (C=O) groups is 1. The molecule has 0 saturated heterocycles. The highest BCUT2D eigenvalue weighted by molar-refractivity contribution is 6.30. The van der Waals surface area contributed by atoms with Crippen LogP contribution in [0.5, 0.6) is 11.5 Å². The quantitative estimate of drug-likeness (QED) is 0.623. The van der Waals surface area contributed by atoms with Crippen molar-refractivity contribution in [2.75, 3.05) is 19.5 Å². The number of ketones is 1. The Morgan fingerprint density at radius 3 is 2.39 bits per heavy atom. The van der Waals surface area contributed by atoms with E-state index in [-0.39, 0.29) is 5.78 Å². The molecule has 2 aromatic carbocycles. The third-order valence-corrected chi connectivity index (χ3v) is 3.47. The van der Waals surface area contributed by atoms with Gasteiger partial charge in [-0.3, -0.25) is 4.79 Å². The molecule has 2 aromatic rings. The summed E-state index contributed by atoms with van der Waals surface area (Å²) in [5.41, 5.74) is 2.04. The van der Waals surface area contributed by atoms with Crippen LogP contribution < -0.4 is 14.8 Å². The molecule has 0 unspecified atom stereocenters. The van der Waals surface area contributed by atoms with Crippen molar-refractivity contribution >= 4 is 23.1 Å². The molecule has 5 heteroatoms. The molecule has 0 atom stereocenters. The first-order valence-electron chi connectivity index (χ1n) is 7.00. The maximum absolute atomic E-state index is 12.2. The van der Waals surface area contributed by atoms with Crippen molar-refractivity contribution in [3.8, 4) is 11.5 Å². The number of carbonyl (C=O) groups excluding carboxylic acids is 1. The summed E-state index contributed by atoms with van der Waals surface area (Å²) in [7, 11) is 3.18. The van der Waals surface area contributed by atoms with Crippen molar-refractivity contribution in [3.63, 3.8) is 0 Å². The lowest BCUT2D eigenvalue weighted by atomic mass is 10.1. The van der Waals surface area contributed by atoms with E-state index in [1.54, 1.807) is 44.6 Å². The second-order valence-electron chi connectivity index (χ2n) is 4.89. The first-order valence-corrected chi connectivity index (χ1v) is 7.38. The van der Waals surface area contributed by atoms with Crippen LogP contribution in [0.15, 0.2) is 54.2 Å². The monoisotopic (exact) mass is 331 g/mol. The van der Waals surface area contributed by atoms with Crippen LogP contribution in [0.4, 0.5) is 5.69 Å². The van der Waals surface area contributed by atoms with E-state index in [1.807, 2.05) is 19.1 Å². The normalized spacial score (nSPS) is 11.0. The van der Waals surface area contributed by atoms with Gasteiger partial charge < -0.3 is 14.8 Å². The second-order valence-corrected chi connectivity index (χ2v) is 5.33. The minimum atomic E-state index is -0.0980. The number of hydrogen-bond acceptors (Lipinski definition) is 4. The fraction of sp³-hybridized carbons (Fsp3) is 0.167. The fourth-order valence-corrected chi connectivity index (χ4v) is 2.17. The smallest absolute Gasteiger partial charge is 0.187 e. The topological polar surface area (TPSA) is 47.6 Å².